The summed E-state index contributed by atoms with van der Waals surface area (Å²) in [5.41, 5.74) is 0.288. The van der Waals surface area contributed by atoms with Gasteiger partial charge < -0.3 is 9.47 Å². The number of esters is 1. The summed E-state index contributed by atoms with van der Waals surface area (Å²) in [5.74, 6) is -0.168. The summed E-state index contributed by atoms with van der Waals surface area (Å²) < 4.78 is 9.43. The van der Waals surface area contributed by atoms with Crippen LogP contribution in [-0.4, -0.2) is 26.0 Å². The second-order valence-corrected chi connectivity index (χ2v) is 2.46. The smallest absolute Gasteiger partial charge is 0.343 e. The van der Waals surface area contributed by atoms with Gasteiger partial charge in [-0.15, -0.1) is 0 Å². The van der Waals surface area contributed by atoms with Gasteiger partial charge in [0.1, 0.15) is 5.75 Å². The summed E-state index contributed by atoms with van der Waals surface area (Å²) in [5, 5.41) is 0. The van der Waals surface area contributed by atoms with Gasteiger partial charge in [0.25, 0.3) is 0 Å². The number of methoxy groups -OCH3 is 1. The van der Waals surface area contributed by atoms with Crippen molar-refractivity contribution in [2.45, 2.75) is 0 Å². The van der Waals surface area contributed by atoms with Gasteiger partial charge in [-0.1, -0.05) is 12.1 Å². The van der Waals surface area contributed by atoms with Crippen molar-refractivity contribution in [3.8, 4) is 5.75 Å². The normalized spacial score (nSPS) is 9.21. The minimum atomic E-state index is -0.495. The molecule has 0 saturated heterocycles. The fourth-order valence-electron chi connectivity index (χ4n) is 0.872. The molecule has 0 aliphatic heterocycles. The molecule has 0 aliphatic carbocycles. The number of hydrogen-bond acceptors (Lipinski definition) is 4. The highest BCUT2D eigenvalue weighted by Gasteiger charge is 2.05. The Kier molecular flexibility index (Phi) is 3.67. The molecule has 1 aromatic rings. The molecule has 4 nitrogen and oxygen atoms in total. The lowest BCUT2D eigenvalue weighted by molar-refractivity contribution is -0.142. The van der Waals surface area contributed by atoms with Crippen LogP contribution in [0.5, 0.6) is 5.75 Å². The molecule has 14 heavy (non-hydrogen) atoms. The van der Waals surface area contributed by atoms with E-state index in [-0.39, 0.29) is 12.2 Å². The van der Waals surface area contributed by atoms with Gasteiger partial charge in [0.15, 0.2) is 6.61 Å². The number of para-hydroxylation sites is 1. The molecule has 1 rings (SSSR count). The quantitative estimate of drug-likeness (QED) is 0.660. The fourth-order valence-corrected chi connectivity index (χ4v) is 0.872. The van der Waals surface area contributed by atoms with Crippen molar-refractivity contribution in [3.63, 3.8) is 0 Å². The number of ether oxygens (including phenoxy) is 2. The van der Waals surface area contributed by atoms with Gasteiger partial charge in [0.2, 0.25) is 6.29 Å². The first-order chi connectivity index (χ1) is 6.77. The largest absolute Gasteiger partial charge is 0.481 e. The third kappa shape index (κ3) is 2.58. The van der Waals surface area contributed by atoms with Crippen LogP contribution in [0.15, 0.2) is 24.3 Å². The first-order valence-corrected chi connectivity index (χ1v) is 3.94. The zero-order valence-corrected chi connectivity index (χ0v) is 7.65. The molecule has 1 radical (unpaired) electrons. The molecule has 73 valence electrons. The summed E-state index contributed by atoms with van der Waals surface area (Å²) in [4.78, 5) is 21.2. The van der Waals surface area contributed by atoms with Gasteiger partial charge in [-0.05, 0) is 12.1 Å². The highest BCUT2D eigenvalue weighted by atomic mass is 16.6. The van der Waals surface area contributed by atoms with Crippen molar-refractivity contribution >= 4 is 12.3 Å². The fraction of sp³-hybridized carbons (Fsp3) is 0.200. The van der Waals surface area contributed by atoms with Gasteiger partial charge >= 0.3 is 5.97 Å². The van der Waals surface area contributed by atoms with E-state index in [1.54, 1.807) is 30.6 Å². The number of carbonyl (C=O) groups excluding carboxylic acids is 2. The van der Waals surface area contributed by atoms with Crippen LogP contribution in [0, 0.1) is 0 Å². The van der Waals surface area contributed by atoms with E-state index in [2.05, 4.69) is 4.74 Å². The van der Waals surface area contributed by atoms with Crippen LogP contribution in [0.2, 0.25) is 0 Å². The van der Waals surface area contributed by atoms with Crippen LogP contribution in [0.25, 0.3) is 0 Å². The first-order valence-electron chi connectivity index (χ1n) is 3.94. The highest BCUT2D eigenvalue weighted by Crippen LogP contribution is 2.15. The first kappa shape index (κ1) is 10.2. The molecule has 0 fully saturated rings. The van der Waals surface area contributed by atoms with Crippen LogP contribution in [0.4, 0.5) is 0 Å². The standard InChI is InChI=1S/C10H9O4/c1-13-10(12)7-14-9-5-3-2-4-8(9)6-11/h2-5H,7H2,1H3. The van der Waals surface area contributed by atoms with Gasteiger partial charge in [-0.3, -0.25) is 4.79 Å². The van der Waals surface area contributed by atoms with Gasteiger partial charge in [-0.25, -0.2) is 4.79 Å². The lowest BCUT2D eigenvalue weighted by Gasteiger charge is -2.05. The Morgan fingerprint density at radius 2 is 2.14 bits per heavy atom. The molecule has 0 bridgehead atoms. The molecule has 0 amide bonds. The maximum absolute atomic E-state index is 10.7. The maximum Gasteiger partial charge on any atom is 0.343 e. The average Bonchev–Trinajstić information content (AvgIpc) is 2.26. The molecular weight excluding hydrogens is 184 g/mol. The summed E-state index contributed by atoms with van der Waals surface area (Å²) in [6.07, 6.45) is 1.71. The Balaban J connectivity index is 2.66. The second kappa shape index (κ2) is 5.01. The third-order valence-electron chi connectivity index (χ3n) is 1.57. The Bertz CT molecular complexity index is 333. The highest BCUT2D eigenvalue weighted by molar-refractivity contribution is 5.80. The summed E-state index contributed by atoms with van der Waals surface area (Å²) in [6.45, 7) is -0.213. The summed E-state index contributed by atoms with van der Waals surface area (Å²) >= 11 is 0. The minimum absolute atomic E-state index is 0.213. The molecule has 0 spiro atoms. The van der Waals surface area contributed by atoms with Crippen molar-refractivity contribution in [1.82, 2.24) is 0 Å². The zero-order chi connectivity index (χ0) is 10.4. The Morgan fingerprint density at radius 1 is 1.43 bits per heavy atom. The molecule has 0 aliphatic rings. The van der Waals surface area contributed by atoms with Crippen molar-refractivity contribution in [2.75, 3.05) is 13.7 Å². The van der Waals surface area contributed by atoms with E-state index in [0.717, 1.165) is 0 Å². The molecule has 0 aromatic heterocycles. The van der Waals surface area contributed by atoms with Gasteiger partial charge in [0, 0.05) is 0 Å². The van der Waals surface area contributed by atoms with E-state index in [9.17, 15) is 9.59 Å². The van der Waals surface area contributed by atoms with Crippen LogP contribution >= 0.6 is 0 Å². The molecule has 0 heterocycles. The van der Waals surface area contributed by atoms with Crippen molar-refractivity contribution < 1.29 is 19.1 Å². The molecule has 0 atom stereocenters. The van der Waals surface area contributed by atoms with Crippen molar-refractivity contribution in [3.05, 3.63) is 29.8 Å². The molecule has 0 unspecified atom stereocenters. The maximum atomic E-state index is 10.7. The zero-order valence-electron chi connectivity index (χ0n) is 7.65. The van der Waals surface area contributed by atoms with E-state index >= 15 is 0 Å². The van der Waals surface area contributed by atoms with Crippen LogP contribution in [0.1, 0.15) is 5.56 Å². The average molecular weight is 193 g/mol. The lowest BCUT2D eigenvalue weighted by Crippen LogP contribution is -2.13. The molecule has 4 heteroatoms. The summed E-state index contributed by atoms with van der Waals surface area (Å²) in [6, 6.07) is 6.53. The molecule has 0 N–H and O–H groups in total. The van der Waals surface area contributed by atoms with Crippen molar-refractivity contribution in [2.24, 2.45) is 0 Å². The Hall–Kier alpha value is -1.84. The Labute approximate surface area is 81.4 Å². The van der Waals surface area contributed by atoms with Gasteiger partial charge in [0.05, 0.1) is 12.7 Å². The van der Waals surface area contributed by atoms with E-state index in [1.165, 1.54) is 7.11 Å². The van der Waals surface area contributed by atoms with E-state index in [4.69, 9.17) is 4.74 Å². The van der Waals surface area contributed by atoms with Gasteiger partial charge in [-0.2, -0.15) is 0 Å². The predicted molar refractivity (Wildman–Crippen MR) is 48.7 cm³/mol. The topological polar surface area (TPSA) is 52.6 Å². The van der Waals surface area contributed by atoms with Crippen LogP contribution in [0.3, 0.4) is 0 Å². The number of benzene rings is 1. The minimum Gasteiger partial charge on any atom is -0.481 e. The van der Waals surface area contributed by atoms with E-state index in [1.807, 2.05) is 0 Å². The Morgan fingerprint density at radius 3 is 2.79 bits per heavy atom. The number of carbonyl (C=O) groups is 1. The molecule has 1 aromatic carbocycles. The van der Waals surface area contributed by atoms with Crippen LogP contribution < -0.4 is 4.74 Å². The second-order valence-electron chi connectivity index (χ2n) is 2.46. The van der Waals surface area contributed by atoms with E-state index in [0.29, 0.717) is 5.75 Å². The molecule has 0 saturated carbocycles. The molecular formula is C10H9O4. The third-order valence-corrected chi connectivity index (χ3v) is 1.57. The van der Waals surface area contributed by atoms with E-state index < -0.39 is 5.97 Å². The predicted octanol–water partition coefficient (Wildman–Crippen LogP) is 0.696. The van der Waals surface area contributed by atoms with Crippen LogP contribution in [-0.2, 0) is 14.3 Å². The number of hydrogen-bond donors (Lipinski definition) is 0. The SMILES string of the molecule is COC(=O)COc1ccccc1[C]=O. The summed E-state index contributed by atoms with van der Waals surface area (Å²) in [7, 11) is 1.27. The monoisotopic (exact) mass is 193 g/mol. The van der Waals surface area contributed by atoms with Crippen molar-refractivity contribution in [1.29, 1.82) is 0 Å². The number of rotatable bonds is 4. The lowest BCUT2D eigenvalue weighted by atomic mass is 10.2.